The van der Waals surface area contributed by atoms with Crippen LogP contribution in [-0.2, 0) is 10.0 Å². The summed E-state index contributed by atoms with van der Waals surface area (Å²) in [6, 6.07) is 18.4. The fourth-order valence-corrected chi connectivity index (χ4v) is 5.65. The molecule has 4 rings (SSSR count). The van der Waals surface area contributed by atoms with Crippen LogP contribution in [0.3, 0.4) is 0 Å². The molecule has 0 saturated heterocycles. The Morgan fingerprint density at radius 1 is 0.917 bits per heavy atom. The van der Waals surface area contributed by atoms with Gasteiger partial charge < -0.3 is 20.9 Å². The number of halogens is 1. The molecule has 11 heteroatoms. The normalized spacial score (nSPS) is 11.9. The minimum Gasteiger partial charge on any atom is -0.493 e. The molecule has 0 amide bonds. The Labute approximate surface area is 213 Å². The number of fused-ring (bicyclic) bond motifs is 1. The number of ether oxygens (including phenoxy) is 2. The van der Waals surface area contributed by atoms with Crippen molar-refractivity contribution < 1.29 is 17.9 Å². The summed E-state index contributed by atoms with van der Waals surface area (Å²) in [6.07, 6.45) is 0. The van der Waals surface area contributed by atoms with E-state index in [9.17, 15) is 8.42 Å². The molecule has 186 valence electrons. The van der Waals surface area contributed by atoms with Gasteiger partial charge in [-0.1, -0.05) is 41.9 Å². The number of nitrogens with zero attached hydrogens (tertiary/aromatic N) is 3. The molecule has 0 saturated carbocycles. The molecule has 0 spiro atoms. The molecule has 1 aromatic heterocycles. The van der Waals surface area contributed by atoms with Crippen molar-refractivity contribution >= 4 is 44.2 Å². The number of para-hydroxylation sites is 1. The Bertz CT molecular complexity index is 1610. The van der Waals surface area contributed by atoms with Gasteiger partial charge in [0.2, 0.25) is 5.96 Å². The molecule has 4 aromatic rings. The lowest BCUT2D eigenvalue weighted by Crippen LogP contribution is -2.22. The highest BCUT2D eigenvalue weighted by Crippen LogP contribution is 2.39. The highest BCUT2D eigenvalue weighted by atomic mass is 35.5. The molecule has 4 N–H and O–H groups in total. The zero-order chi connectivity index (χ0) is 26.0. The number of benzene rings is 3. The monoisotopic (exact) mass is 525 g/mol. The Kier molecular flexibility index (Phi) is 6.91. The average Bonchev–Trinajstić information content (AvgIpc) is 3.23. The van der Waals surface area contributed by atoms with Crippen LogP contribution in [0, 0.1) is 0 Å². The van der Waals surface area contributed by atoms with E-state index in [2.05, 4.69) is 10.2 Å². The smallest absolute Gasteiger partial charge is 0.268 e. The largest absolute Gasteiger partial charge is 0.493 e. The first kappa shape index (κ1) is 25.1. The van der Waals surface area contributed by atoms with Crippen molar-refractivity contribution in [3.8, 4) is 22.8 Å². The van der Waals surface area contributed by atoms with Crippen LogP contribution in [0.2, 0.25) is 5.02 Å². The van der Waals surface area contributed by atoms with Crippen LogP contribution in [-0.4, -0.2) is 38.3 Å². The SMILES string of the molecule is COc1ccc(S(=O)(=O)n2c(-c3ccc(Cl)cc3)c(/C(C)=N\N=C(N)N)c3ccccc32)cc1OC. The molecule has 0 radical (unpaired) electrons. The predicted molar refractivity (Wildman–Crippen MR) is 143 cm³/mol. The summed E-state index contributed by atoms with van der Waals surface area (Å²) in [6.45, 7) is 1.71. The number of methoxy groups -OCH3 is 2. The fraction of sp³-hybridized carbons (Fsp3) is 0.120. The minimum atomic E-state index is -4.15. The van der Waals surface area contributed by atoms with Crippen molar-refractivity contribution in [3.63, 3.8) is 0 Å². The summed E-state index contributed by atoms with van der Waals surface area (Å²) in [4.78, 5) is 0.0153. The molecular formula is C25H24ClN5O4S. The fourth-order valence-electron chi connectivity index (χ4n) is 3.96. The molecule has 36 heavy (non-hydrogen) atoms. The van der Waals surface area contributed by atoms with Gasteiger partial charge in [-0.05, 0) is 37.3 Å². The summed E-state index contributed by atoms with van der Waals surface area (Å²) in [5.74, 6) is 0.477. The molecular weight excluding hydrogens is 502 g/mol. The predicted octanol–water partition coefficient (Wildman–Crippen LogP) is 4.21. The maximum atomic E-state index is 14.2. The molecule has 0 atom stereocenters. The van der Waals surface area contributed by atoms with Crippen LogP contribution in [0.25, 0.3) is 22.2 Å². The standard InChI is InChI=1S/C25H24ClN5O4S/c1-15(29-30-25(27)28)23-19-6-4-5-7-20(19)31(24(23)16-8-10-17(26)11-9-16)36(32,33)18-12-13-21(34-2)22(14-18)35-3/h4-14H,1-3H3,(H4,27,28,30)/b29-15-. The zero-order valence-electron chi connectivity index (χ0n) is 19.8. The molecule has 0 fully saturated rings. The first-order valence-corrected chi connectivity index (χ1v) is 12.5. The van der Waals surface area contributed by atoms with Gasteiger partial charge in [-0.2, -0.15) is 5.10 Å². The third-order valence-corrected chi connectivity index (χ3v) is 7.48. The number of rotatable bonds is 7. The van der Waals surface area contributed by atoms with Gasteiger partial charge in [-0.25, -0.2) is 12.4 Å². The average molecular weight is 526 g/mol. The van der Waals surface area contributed by atoms with E-state index in [4.69, 9.17) is 32.5 Å². The maximum Gasteiger partial charge on any atom is 0.268 e. The van der Waals surface area contributed by atoms with E-state index in [1.54, 1.807) is 49.4 Å². The van der Waals surface area contributed by atoms with Gasteiger partial charge in [-0.3, -0.25) is 0 Å². The minimum absolute atomic E-state index is 0.0153. The van der Waals surface area contributed by atoms with Crippen LogP contribution >= 0.6 is 11.6 Å². The number of guanidine groups is 1. The zero-order valence-corrected chi connectivity index (χ0v) is 21.3. The Hall–Kier alpha value is -4.02. The van der Waals surface area contributed by atoms with Crippen molar-refractivity contribution in [2.45, 2.75) is 11.8 Å². The number of aromatic nitrogens is 1. The van der Waals surface area contributed by atoms with Crippen molar-refractivity contribution in [1.29, 1.82) is 0 Å². The summed E-state index contributed by atoms with van der Waals surface area (Å²) in [7, 11) is -1.22. The van der Waals surface area contributed by atoms with Crippen molar-refractivity contribution in [2.24, 2.45) is 21.7 Å². The lowest BCUT2D eigenvalue weighted by molar-refractivity contribution is 0.354. The second-order valence-electron chi connectivity index (χ2n) is 7.74. The molecule has 9 nitrogen and oxygen atoms in total. The van der Waals surface area contributed by atoms with E-state index >= 15 is 0 Å². The molecule has 3 aromatic carbocycles. The van der Waals surface area contributed by atoms with Crippen LogP contribution in [0.5, 0.6) is 11.5 Å². The van der Waals surface area contributed by atoms with Gasteiger partial charge in [0.05, 0.1) is 36.0 Å². The highest BCUT2D eigenvalue weighted by molar-refractivity contribution is 7.90. The maximum absolute atomic E-state index is 14.2. The van der Waals surface area contributed by atoms with Gasteiger partial charge in [0, 0.05) is 27.6 Å². The van der Waals surface area contributed by atoms with E-state index in [1.807, 2.05) is 12.1 Å². The molecule has 0 unspecified atom stereocenters. The van der Waals surface area contributed by atoms with Gasteiger partial charge in [-0.15, -0.1) is 5.10 Å². The number of hydrogen-bond acceptors (Lipinski definition) is 6. The van der Waals surface area contributed by atoms with Crippen LogP contribution in [0.1, 0.15) is 12.5 Å². The molecule has 0 aliphatic rings. The molecule has 0 aliphatic heterocycles. The van der Waals surface area contributed by atoms with Gasteiger partial charge in [0.15, 0.2) is 11.5 Å². The van der Waals surface area contributed by atoms with E-state index in [1.165, 1.54) is 30.3 Å². The van der Waals surface area contributed by atoms with E-state index in [0.717, 1.165) is 0 Å². The van der Waals surface area contributed by atoms with Crippen LogP contribution in [0.15, 0.2) is 81.8 Å². The van der Waals surface area contributed by atoms with Crippen LogP contribution < -0.4 is 20.9 Å². The Balaban J connectivity index is 2.13. The van der Waals surface area contributed by atoms with Gasteiger partial charge in [0.25, 0.3) is 10.0 Å². The van der Waals surface area contributed by atoms with Gasteiger partial charge >= 0.3 is 0 Å². The van der Waals surface area contributed by atoms with E-state index < -0.39 is 10.0 Å². The Morgan fingerprint density at radius 3 is 2.22 bits per heavy atom. The van der Waals surface area contributed by atoms with Crippen molar-refractivity contribution in [1.82, 2.24) is 3.97 Å². The number of nitrogens with two attached hydrogens (primary N) is 2. The Morgan fingerprint density at radius 2 is 1.58 bits per heavy atom. The van der Waals surface area contributed by atoms with Crippen molar-refractivity contribution in [2.75, 3.05) is 14.2 Å². The first-order chi connectivity index (χ1) is 17.2. The quantitative estimate of drug-likeness (QED) is 0.211. The number of hydrogen-bond donors (Lipinski definition) is 2. The topological polar surface area (TPSA) is 134 Å². The second-order valence-corrected chi connectivity index (χ2v) is 9.97. The van der Waals surface area contributed by atoms with E-state index in [0.29, 0.717) is 44.2 Å². The lowest BCUT2D eigenvalue weighted by Gasteiger charge is -2.15. The summed E-state index contributed by atoms with van der Waals surface area (Å²) in [5, 5.41) is 9.09. The van der Waals surface area contributed by atoms with Crippen molar-refractivity contribution in [3.05, 3.63) is 77.3 Å². The first-order valence-electron chi connectivity index (χ1n) is 10.7. The van der Waals surface area contributed by atoms with Crippen LogP contribution in [0.4, 0.5) is 0 Å². The third kappa shape index (κ3) is 4.48. The molecule has 1 heterocycles. The summed E-state index contributed by atoms with van der Waals surface area (Å²) < 4.78 is 40.3. The second kappa shape index (κ2) is 9.92. The lowest BCUT2D eigenvalue weighted by atomic mass is 10.0. The third-order valence-electron chi connectivity index (χ3n) is 5.52. The molecule has 0 aliphatic carbocycles. The highest BCUT2D eigenvalue weighted by Gasteiger charge is 2.29. The van der Waals surface area contributed by atoms with Gasteiger partial charge in [0.1, 0.15) is 0 Å². The molecule has 0 bridgehead atoms. The summed E-state index contributed by atoms with van der Waals surface area (Å²) in [5.41, 5.74) is 13.4. The summed E-state index contributed by atoms with van der Waals surface area (Å²) >= 11 is 6.13. The van der Waals surface area contributed by atoms with E-state index in [-0.39, 0.29) is 16.6 Å².